The summed E-state index contributed by atoms with van der Waals surface area (Å²) >= 11 is 16.1. The fourth-order valence-electron chi connectivity index (χ4n) is 12.3. The van der Waals surface area contributed by atoms with Gasteiger partial charge in [-0.2, -0.15) is 0 Å². The van der Waals surface area contributed by atoms with Crippen molar-refractivity contribution in [2.45, 2.75) is 127 Å². The maximum Gasteiger partial charge on any atom is 0.320 e. The Morgan fingerprint density at radius 2 is 0.703 bits per heavy atom. The van der Waals surface area contributed by atoms with Crippen LogP contribution in [0.3, 0.4) is 0 Å². The van der Waals surface area contributed by atoms with Crippen molar-refractivity contribution in [2.24, 2.45) is 0 Å². The Kier molecular flexibility index (Phi) is 10.1. The molecular formula is C52H54Cl2N4O4Si2. The normalized spacial score (nSPS) is 20.4. The Labute approximate surface area is 388 Å². The van der Waals surface area contributed by atoms with Crippen molar-refractivity contribution >= 4 is 118 Å². The van der Waals surface area contributed by atoms with Gasteiger partial charge >= 0.3 is 23.6 Å². The van der Waals surface area contributed by atoms with Crippen LogP contribution in [-0.2, 0) is 19.2 Å². The molecule has 2 atom stereocenters. The number of alkyl halides is 2. The van der Waals surface area contributed by atoms with Crippen molar-refractivity contribution in [3.05, 3.63) is 83.9 Å². The lowest BCUT2D eigenvalue weighted by Crippen LogP contribution is -2.77. The van der Waals surface area contributed by atoms with E-state index in [1.807, 2.05) is 48.5 Å². The third-order valence-corrected chi connectivity index (χ3v) is 29.1. The van der Waals surface area contributed by atoms with Gasteiger partial charge in [0.05, 0.1) is 33.9 Å². The van der Waals surface area contributed by atoms with Crippen LogP contribution >= 0.6 is 23.2 Å². The smallest absolute Gasteiger partial charge is 0.263 e. The van der Waals surface area contributed by atoms with Crippen molar-refractivity contribution in [3.8, 4) is 22.9 Å². The van der Waals surface area contributed by atoms with Crippen LogP contribution in [0.25, 0.3) is 32.3 Å². The van der Waals surface area contributed by atoms with E-state index in [0.29, 0.717) is 21.9 Å². The van der Waals surface area contributed by atoms with Crippen molar-refractivity contribution in [2.75, 3.05) is 19.6 Å². The highest BCUT2D eigenvalue weighted by molar-refractivity contribution is 6.91. The molecule has 5 aromatic carbocycles. The number of carbonyl (C=O) groups is 4. The molecule has 9 rings (SSSR count). The molecule has 0 aliphatic carbocycles. The van der Waals surface area contributed by atoms with Crippen molar-refractivity contribution in [1.29, 1.82) is 0 Å². The molecule has 0 aromatic heterocycles. The van der Waals surface area contributed by atoms with E-state index in [9.17, 15) is 9.59 Å². The largest absolute Gasteiger partial charge is 0.320 e. The second kappa shape index (κ2) is 14.7. The minimum absolute atomic E-state index is 0.143. The molecule has 0 spiro atoms. The molecule has 2 fully saturated rings. The SMILES string of the molecule is CC(C)[Si](C#Cc1c2c(c(C#C[Si](C(C)C)(C(C)C)C(C)C)c3cc4ccccc4cc13)N1C(=O)C(=O)N3c4cc5ccccc5cc4N4C(=O)C(=O)N2[C@]4(Cl)[C@]31Cl)(C(C)C)C(C)C. The number of fused-ring (bicyclic) bond motifs is 9. The summed E-state index contributed by atoms with van der Waals surface area (Å²) in [4.78, 5) is 65.4. The van der Waals surface area contributed by atoms with Gasteiger partial charge in [-0.05, 0) is 79.1 Å². The molecule has 2 saturated heterocycles. The third kappa shape index (κ3) is 5.37. The lowest BCUT2D eigenvalue weighted by Gasteiger charge is -2.58. The van der Waals surface area contributed by atoms with Gasteiger partial charge in [0.25, 0.3) is 10.2 Å². The van der Waals surface area contributed by atoms with E-state index >= 15 is 9.59 Å². The Hall–Kier alpha value is -5.11. The van der Waals surface area contributed by atoms with E-state index in [0.717, 1.165) is 21.5 Å². The first-order valence-corrected chi connectivity index (χ1v) is 27.7. The molecule has 4 heterocycles. The van der Waals surface area contributed by atoms with Gasteiger partial charge in [0.15, 0.2) is 0 Å². The summed E-state index contributed by atoms with van der Waals surface area (Å²) in [5.74, 6) is 3.59. The Morgan fingerprint density at radius 1 is 0.438 bits per heavy atom. The third-order valence-electron chi connectivity index (χ3n) is 15.2. The molecule has 0 bridgehead atoms. The molecule has 0 N–H and O–H groups in total. The molecule has 5 aromatic rings. The molecule has 12 heteroatoms. The van der Waals surface area contributed by atoms with Gasteiger partial charge in [0, 0.05) is 10.8 Å². The number of anilines is 4. The molecule has 4 amide bonds. The Bertz CT molecular complexity index is 2820. The number of halogens is 2. The van der Waals surface area contributed by atoms with Crippen molar-refractivity contribution in [1.82, 2.24) is 0 Å². The minimum atomic E-state index is -2.49. The predicted molar refractivity (Wildman–Crippen MR) is 268 cm³/mol. The minimum Gasteiger partial charge on any atom is -0.263 e. The van der Waals surface area contributed by atoms with E-state index in [4.69, 9.17) is 23.2 Å². The van der Waals surface area contributed by atoms with Gasteiger partial charge in [-0.3, -0.25) is 38.8 Å². The highest BCUT2D eigenvalue weighted by atomic mass is 35.5. The average Bonchev–Trinajstić information content (AvgIpc) is 3.57. The number of nitrogens with zero attached hydrogens (tertiary/aromatic N) is 4. The summed E-state index contributed by atoms with van der Waals surface area (Å²) < 4.78 is 0. The van der Waals surface area contributed by atoms with Crippen LogP contribution in [0.2, 0.25) is 33.2 Å². The lowest BCUT2D eigenvalue weighted by molar-refractivity contribution is -0.134. The molecular weight excluding hydrogens is 872 g/mol. The molecule has 0 unspecified atom stereocenters. The topological polar surface area (TPSA) is 81.2 Å². The zero-order valence-electron chi connectivity index (χ0n) is 38.6. The van der Waals surface area contributed by atoms with E-state index in [1.54, 1.807) is 12.1 Å². The molecule has 64 heavy (non-hydrogen) atoms. The standard InChI is InChI=1S/C52H54Cl2N4O4Si2/c1-29(2)63(30(3)4,31(5)6)23-21-39-41-25-35-17-13-14-18-36(35)26-42(41)40(22-24-64(32(7)8,33(9)10)34(11)12)46-45(39)57-49(61)47(59)55-43-27-37-19-15-16-20-38(37)28-44(43)56-48(60)50(62)58(46)52(56,54)51(55,57)53/h13-20,25-34H,1-12H3/t51-,52-/m0/s1. The zero-order valence-corrected chi connectivity index (χ0v) is 42.1. The van der Waals surface area contributed by atoms with Gasteiger partial charge in [-0.1, -0.05) is 167 Å². The highest BCUT2D eigenvalue weighted by Gasteiger charge is 2.82. The van der Waals surface area contributed by atoms with Gasteiger partial charge < -0.3 is 0 Å². The van der Waals surface area contributed by atoms with Gasteiger partial charge in [0.1, 0.15) is 16.1 Å². The summed E-state index contributed by atoms with van der Waals surface area (Å²) in [5.41, 5.74) is 10.8. The molecule has 8 nitrogen and oxygen atoms in total. The average molecular weight is 926 g/mol. The fourth-order valence-corrected chi connectivity index (χ4v) is 23.8. The maximum absolute atomic E-state index is 15.3. The van der Waals surface area contributed by atoms with Crippen molar-refractivity contribution in [3.63, 3.8) is 0 Å². The van der Waals surface area contributed by atoms with Crippen LogP contribution in [0.4, 0.5) is 22.7 Å². The number of rotatable bonds is 6. The van der Waals surface area contributed by atoms with Crippen LogP contribution < -0.4 is 19.6 Å². The first kappa shape index (κ1) is 44.1. The van der Waals surface area contributed by atoms with Gasteiger partial charge in [-0.25, -0.2) is 0 Å². The monoisotopic (exact) mass is 924 g/mol. The second-order valence-electron chi connectivity index (χ2n) is 19.9. The molecule has 4 aliphatic rings. The van der Waals surface area contributed by atoms with Crippen LogP contribution in [0, 0.1) is 22.9 Å². The molecule has 328 valence electrons. The highest BCUT2D eigenvalue weighted by Crippen LogP contribution is 2.67. The molecule has 0 saturated carbocycles. The van der Waals surface area contributed by atoms with Crippen LogP contribution in [0.15, 0.2) is 72.8 Å². The zero-order chi connectivity index (χ0) is 46.3. The first-order valence-electron chi connectivity index (χ1n) is 22.5. The molecule has 4 aliphatic heterocycles. The van der Waals surface area contributed by atoms with Crippen LogP contribution in [0.5, 0.6) is 0 Å². The fraction of sp³-hybridized carbons (Fsp3) is 0.385. The summed E-state index contributed by atoms with van der Waals surface area (Å²) in [5, 5.41) is 0.00779. The predicted octanol–water partition coefficient (Wildman–Crippen LogP) is 12.2. The Balaban J connectivity index is 1.53. The second-order valence-corrected chi connectivity index (χ2v) is 32.1. The summed E-state index contributed by atoms with van der Waals surface area (Å²) in [6.45, 7) is 26.8. The summed E-state index contributed by atoms with van der Waals surface area (Å²) in [7, 11) is -4.98. The number of hydrogen-bond donors (Lipinski definition) is 0. The molecule has 0 radical (unpaired) electrons. The van der Waals surface area contributed by atoms with Crippen LogP contribution in [0.1, 0.15) is 94.2 Å². The number of carbonyl (C=O) groups excluding carboxylic acids is 4. The van der Waals surface area contributed by atoms with Gasteiger partial charge in [0.2, 0.25) is 0 Å². The van der Waals surface area contributed by atoms with Crippen LogP contribution in [-0.4, -0.2) is 50.0 Å². The number of hydrogen-bond acceptors (Lipinski definition) is 4. The Morgan fingerprint density at radius 3 is 0.984 bits per heavy atom. The van der Waals surface area contributed by atoms with Crippen molar-refractivity contribution < 1.29 is 19.2 Å². The number of benzene rings is 5. The van der Waals surface area contributed by atoms with E-state index in [-0.39, 0.29) is 56.0 Å². The lowest BCUT2D eigenvalue weighted by atomic mass is 9.90. The quantitative estimate of drug-likeness (QED) is 0.0424. The van der Waals surface area contributed by atoms with Gasteiger partial charge in [-0.15, -0.1) is 11.1 Å². The number of amides is 4. The van der Waals surface area contributed by atoms with E-state index in [1.165, 1.54) is 19.6 Å². The summed E-state index contributed by atoms with van der Waals surface area (Å²) in [6.07, 6.45) is 0. The van der Waals surface area contributed by atoms with E-state index < -0.39 is 50.0 Å². The first-order chi connectivity index (χ1) is 30.1. The maximum atomic E-state index is 15.3. The van der Waals surface area contributed by atoms with E-state index in [2.05, 4.69) is 118 Å². The summed E-state index contributed by atoms with van der Waals surface area (Å²) in [6, 6.07) is 23.1.